The van der Waals surface area contributed by atoms with E-state index < -0.39 is 36.1 Å². The Kier molecular flexibility index (Phi) is 9.31. The van der Waals surface area contributed by atoms with Gasteiger partial charge in [-0.1, -0.05) is 48.5 Å². The van der Waals surface area contributed by atoms with Crippen LogP contribution in [0.4, 0.5) is 4.79 Å². The molecule has 2 aromatic carbocycles. The van der Waals surface area contributed by atoms with Gasteiger partial charge in [-0.3, -0.25) is 4.79 Å². The third kappa shape index (κ3) is 7.89. The van der Waals surface area contributed by atoms with Gasteiger partial charge in [-0.2, -0.15) is 4.57 Å². The standard InChI is InChI=1S/C27H27N3O7/c1-18(2)28-27(35)36-17-30-15-9-14-21(16-30)26(34)37-23(25(32)33)22(19-10-5-3-6-11-19)29-24(31)20-12-7-4-8-13-20/h3-16,18,22-23H,17H2,1-2H3,(H2-,28,29,31,32,33,35)/p+1/t22-,23+/m0/s1. The van der Waals surface area contributed by atoms with Gasteiger partial charge in [0.25, 0.3) is 12.6 Å². The maximum atomic E-state index is 13.0. The minimum absolute atomic E-state index is 0.0304. The van der Waals surface area contributed by atoms with Crippen molar-refractivity contribution in [2.24, 2.45) is 0 Å². The summed E-state index contributed by atoms with van der Waals surface area (Å²) in [5.74, 6) is -2.89. The Hall–Kier alpha value is -4.73. The molecule has 0 radical (unpaired) electrons. The molecule has 0 aliphatic rings. The quantitative estimate of drug-likeness (QED) is 0.284. The lowest BCUT2D eigenvalue weighted by atomic mass is 10.0. The van der Waals surface area contributed by atoms with Gasteiger partial charge in [0.2, 0.25) is 6.10 Å². The molecule has 0 fully saturated rings. The van der Waals surface area contributed by atoms with Gasteiger partial charge in [0.15, 0.2) is 12.4 Å². The molecule has 3 rings (SSSR count). The van der Waals surface area contributed by atoms with Crippen LogP contribution in [0.3, 0.4) is 0 Å². The summed E-state index contributed by atoms with van der Waals surface area (Å²) in [4.78, 5) is 49.8. The number of hydrogen-bond donors (Lipinski definition) is 3. The Labute approximate surface area is 213 Å². The molecule has 10 nitrogen and oxygen atoms in total. The number of pyridine rings is 1. The van der Waals surface area contributed by atoms with Crippen molar-refractivity contribution in [1.29, 1.82) is 0 Å². The molecule has 10 heteroatoms. The summed E-state index contributed by atoms with van der Waals surface area (Å²) < 4.78 is 11.9. The van der Waals surface area contributed by atoms with Gasteiger partial charge >= 0.3 is 18.0 Å². The van der Waals surface area contributed by atoms with Crippen molar-refractivity contribution in [3.05, 3.63) is 102 Å². The topological polar surface area (TPSA) is 135 Å². The average molecular weight is 507 g/mol. The lowest BCUT2D eigenvalue weighted by molar-refractivity contribution is -0.727. The SMILES string of the molecule is CC(C)NC(=O)OC[n+]1cccc(C(=O)O[C@@H](C(=O)O)[C@@H](NC(=O)c2ccccc2)c2ccccc2)c1. The number of carbonyl (C=O) groups is 4. The Morgan fingerprint density at radius 2 is 1.49 bits per heavy atom. The first-order valence-electron chi connectivity index (χ1n) is 11.5. The first kappa shape index (κ1) is 26.9. The Bertz CT molecular complexity index is 1230. The van der Waals surface area contributed by atoms with Crippen molar-refractivity contribution >= 4 is 23.9 Å². The molecule has 0 spiro atoms. The van der Waals surface area contributed by atoms with Crippen molar-refractivity contribution in [3.8, 4) is 0 Å². The van der Waals surface area contributed by atoms with Gasteiger partial charge < -0.3 is 25.2 Å². The molecular formula is C27H28N3O7+. The van der Waals surface area contributed by atoms with Crippen LogP contribution >= 0.6 is 0 Å². The number of nitrogens with one attached hydrogen (secondary N) is 2. The van der Waals surface area contributed by atoms with E-state index in [1.54, 1.807) is 80.7 Å². The van der Waals surface area contributed by atoms with Crippen molar-refractivity contribution in [3.63, 3.8) is 0 Å². The molecule has 3 aromatic rings. The second-order valence-corrected chi connectivity index (χ2v) is 8.36. The molecule has 0 aliphatic heterocycles. The van der Waals surface area contributed by atoms with E-state index in [0.29, 0.717) is 11.1 Å². The van der Waals surface area contributed by atoms with Crippen molar-refractivity contribution in [1.82, 2.24) is 10.6 Å². The summed E-state index contributed by atoms with van der Waals surface area (Å²) in [6, 6.07) is 18.4. The van der Waals surface area contributed by atoms with Crippen LogP contribution in [0.25, 0.3) is 0 Å². The molecular weight excluding hydrogens is 478 g/mol. The van der Waals surface area contributed by atoms with Crippen LogP contribution in [0.5, 0.6) is 0 Å². The molecule has 1 heterocycles. The number of carboxylic acids is 1. The zero-order valence-electron chi connectivity index (χ0n) is 20.4. The summed E-state index contributed by atoms with van der Waals surface area (Å²) in [5.41, 5.74) is 0.798. The number of carbonyl (C=O) groups excluding carboxylic acids is 3. The highest BCUT2D eigenvalue weighted by Crippen LogP contribution is 2.22. The molecule has 0 unspecified atom stereocenters. The number of alkyl carbamates (subject to hydrolysis) is 1. The highest BCUT2D eigenvalue weighted by Gasteiger charge is 2.35. The molecule has 0 saturated carbocycles. The molecule has 37 heavy (non-hydrogen) atoms. The van der Waals surface area contributed by atoms with Gasteiger partial charge in [0.1, 0.15) is 11.6 Å². The highest BCUT2D eigenvalue weighted by molar-refractivity contribution is 5.95. The number of esters is 1. The second-order valence-electron chi connectivity index (χ2n) is 8.36. The monoisotopic (exact) mass is 506 g/mol. The van der Waals surface area contributed by atoms with Crippen molar-refractivity contribution < 1.29 is 38.3 Å². The molecule has 0 saturated heterocycles. The number of aliphatic carboxylic acids is 1. The summed E-state index contributed by atoms with van der Waals surface area (Å²) in [7, 11) is 0. The normalized spacial score (nSPS) is 12.2. The zero-order chi connectivity index (χ0) is 26.8. The van der Waals surface area contributed by atoms with Crippen molar-refractivity contribution in [2.45, 2.75) is 38.8 Å². The van der Waals surface area contributed by atoms with E-state index in [4.69, 9.17) is 9.47 Å². The van der Waals surface area contributed by atoms with Gasteiger partial charge in [-0.15, -0.1) is 0 Å². The minimum atomic E-state index is -1.73. The van der Waals surface area contributed by atoms with Gasteiger partial charge in [-0.25, -0.2) is 14.4 Å². The Balaban J connectivity index is 1.80. The van der Waals surface area contributed by atoms with E-state index in [0.717, 1.165) is 0 Å². The maximum Gasteiger partial charge on any atom is 0.412 e. The number of rotatable bonds is 10. The third-order valence-corrected chi connectivity index (χ3v) is 5.11. The molecule has 0 aliphatic carbocycles. The number of benzene rings is 2. The molecule has 3 N–H and O–H groups in total. The van der Waals surface area contributed by atoms with Gasteiger partial charge in [-0.05, 0) is 37.6 Å². The third-order valence-electron chi connectivity index (χ3n) is 5.11. The van der Waals surface area contributed by atoms with Crippen LogP contribution in [0.2, 0.25) is 0 Å². The number of carboxylic acid groups (broad SMARTS) is 1. The van der Waals surface area contributed by atoms with Crippen LogP contribution in [0.1, 0.15) is 46.2 Å². The lowest BCUT2D eigenvalue weighted by Gasteiger charge is -2.25. The van der Waals surface area contributed by atoms with E-state index in [1.165, 1.54) is 22.9 Å². The molecule has 1 aromatic heterocycles. The zero-order valence-corrected chi connectivity index (χ0v) is 20.4. The van der Waals surface area contributed by atoms with Crippen LogP contribution in [0.15, 0.2) is 85.2 Å². The highest BCUT2D eigenvalue weighted by atomic mass is 16.6. The van der Waals surface area contributed by atoms with Gasteiger partial charge in [0, 0.05) is 17.7 Å². The average Bonchev–Trinajstić information content (AvgIpc) is 2.90. The van der Waals surface area contributed by atoms with E-state index in [1.807, 2.05) is 0 Å². The largest absolute Gasteiger partial charge is 0.478 e. The number of ether oxygens (including phenoxy) is 2. The number of aromatic nitrogens is 1. The van der Waals surface area contributed by atoms with E-state index in [-0.39, 0.29) is 18.3 Å². The van der Waals surface area contributed by atoms with Crippen LogP contribution in [-0.4, -0.2) is 41.2 Å². The fraction of sp³-hybridized carbons (Fsp3) is 0.222. The molecule has 192 valence electrons. The summed E-state index contributed by atoms with van der Waals surface area (Å²) in [6.45, 7) is 3.39. The second kappa shape index (κ2) is 12.8. The first-order chi connectivity index (χ1) is 17.7. The Morgan fingerprint density at radius 3 is 2.11 bits per heavy atom. The van der Waals surface area contributed by atoms with E-state index >= 15 is 0 Å². The van der Waals surface area contributed by atoms with Gasteiger partial charge in [0.05, 0.1) is 0 Å². The number of amides is 2. The number of hydrogen-bond acceptors (Lipinski definition) is 6. The molecule has 2 amide bonds. The van der Waals surface area contributed by atoms with E-state index in [9.17, 15) is 24.3 Å². The summed E-state index contributed by atoms with van der Waals surface area (Å²) in [6.07, 6.45) is 0.580. The Morgan fingerprint density at radius 1 is 0.865 bits per heavy atom. The summed E-state index contributed by atoms with van der Waals surface area (Å²) in [5, 5.41) is 15.2. The van der Waals surface area contributed by atoms with Crippen LogP contribution < -0.4 is 15.2 Å². The minimum Gasteiger partial charge on any atom is -0.478 e. The van der Waals surface area contributed by atoms with Crippen LogP contribution in [-0.2, 0) is 21.0 Å². The summed E-state index contributed by atoms with van der Waals surface area (Å²) >= 11 is 0. The maximum absolute atomic E-state index is 13.0. The van der Waals surface area contributed by atoms with Crippen molar-refractivity contribution in [2.75, 3.05) is 0 Å². The smallest absolute Gasteiger partial charge is 0.412 e. The van der Waals surface area contributed by atoms with Crippen LogP contribution in [0, 0.1) is 0 Å². The predicted octanol–water partition coefficient (Wildman–Crippen LogP) is 2.85. The number of nitrogens with zero attached hydrogens (tertiary/aromatic N) is 1. The molecule has 2 atom stereocenters. The first-order valence-corrected chi connectivity index (χ1v) is 11.5. The fourth-order valence-electron chi connectivity index (χ4n) is 3.39. The lowest BCUT2D eigenvalue weighted by Crippen LogP contribution is -2.43. The predicted molar refractivity (Wildman–Crippen MR) is 131 cm³/mol. The van der Waals surface area contributed by atoms with E-state index in [2.05, 4.69) is 10.6 Å². The molecule has 0 bridgehead atoms. The fourth-order valence-corrected chi connectivity index (χ4v) is 3.39.